The van der Waals surface area contributed by atoms with E-state index >= 15 is 0 Å². The number of fused-ring (bicyclic) bond motifs is 1. The Hall–Kier alpha value is -1.43. The molecule has 0 N–H and O–H groups in total. The molecule has 19 heavy (non-hydrogen) atoms. The quantitative estimate of drug-likeness (QED) is 0.806. The summed E-state index contributed by atoms with van der Waals surface area (Å²) in [6.07, 6.45) is -5.46. The van der Waals surface area contributed by atoms with Crippen molar-refractivity contribution >= 4 is 22.7 Å². The van der Waals surface area contributed by atoms with Gasteiger partial charge in [0.15, 0.2) is 5.58 Å². The van der Waals surface area contributed by atoms with Crippen LogP contribution in [0.2, 0.25) is 0 Å². The summed E-state index contributed by atoms with van der Waals surface area (Å²) in [5.41, 5.74) is 1.08. The lowest BCUT2D eigenvalue weighted by Gasteiger charge is -2.12. The fourth-order valence-corrected chi connectivity index (χ4v) is 2.21. The molecule has 0 aliphatic rings. The Morgan fingerprint density at radius 2 is 2.11 bits per heavy atom. The number of nitrogens with zero attached hydrogens (tertiary/aromatic N) is 1. The van der Waals surface area contributed by atoms with Gasteiger partial charge in [0.25, 0.3) is 0 Å². The molecule has 1 atom stereocenters. The van der Waals surface area contributed by atoms with Crippen molar-refractivity contribution in [3.8, 4) is 0 Å². The molecule has 1 heterocycles. The van der Waals surface area contributed by atoms with Crippen molar-refractivity contribution < 1.29 is 17.6 Å². The van der Waals surface area contributed by atoms with E-state index in [0.29, 0.717) is 12.1 Å². The second kappa shape index (κ2) is 4.92. The average Bonchev–Trinajstić information content (AvgIpc) is 2.60. The van der Waals surface area contributed by atoms with Crippen LogP contribution in [0.25, 0.3) is 11.1 Å². The van der Waals surface area contributed by atoms with Crippen molar-refractivity contribution in [2.24, 2.45) is 0 Å². The van der Waals surface area contributed by atoms with Gasteiger partial charge in [0.2, 0.25) is 0 Å². The summed E-state index contributed by atoms with van der Waals surface area (Å²) in [6, 6.07) is 4.41. The average molecular weight is 294 g/mol. The molecule has 0 spiro atoms. The summed E-state index contributed by atoms with van der Waals surface area (Å²) >= 11 is 5.73. The molecule has 2 rings (SSSR count). The maximum Gasteiger partial charge on any atom is 0.419 e. The highest BCUT2D eigenvalue weighted by Gasteiger charge is 2.31. The summed E-state index contributed by atoms with van der Waals surface area (Å²) < 4.78 is 43.2. The van der Waals surface area contributed by atoms with Crippen LogP contribution in [0.4, 0.5) is 13.2 Å². The standard InChI is InChI=1S/C12H11ClF3NO2/c1-2-17-9-4-3-7(5-10(9)19-11(17)18)8(13)6-12(14,15)16/h3-5,8H,2,6H2,1H3. The SMILES string of the molecule is CCn1c(=O)oc2cc(C(Cl)CC(F)(F)F)ccc21. The molecule has 0 saturated carbocycles. The van der Waals surface area contributed by atoms with Gasteiger partial charge in [-0.05, 0) is 24.6 Å². The largest absolute Gasteiger partial charge is 0.419 e. The maximum absolute atomic E-state index is 12.3. The zero-order valence-electron chi connectivity index (χ0n) is 10.00. The van der Waals surface area contributed by atoms with E-state index in [9.17, 15) is 18.0 Å². The lowest BCUT2D eigenvalue weighted by Crippen LogP contribution is -2.12. The fourth-order valence-electron chi connectivity index (χ4n) is 1.90. The Labute approximate surface area is 111 Å². The zero-order valence-corrected chi connectivity index (χ0v) is 10.8. The monoisotopic (exact) mass is 293 g/mol. The smallest absolute Gasteiger partial charge is 0.408 e. The van der Waals surface area contributed by atoms with E-state index in [1.54, 1.807) is 13.0 Å². The van der Waals surface area contributed by atoms with Crippen molar-refractivity contribution in [3.05, 3.63) is 34.3 Å². The summed E-state index contributed by atoms with van der Waals surface area (Å²) in [6.45, 7) is 2.20. The fraction of sp³-hybridized carbons (Fsp3) is 0.417. The lowest BCUT2D eigenvalue weighted by molar-refractivity contribution is -0.134. The van der Waals surface area contributed by atoms with Crippen LogP contribution in [-0.4, -0.2) is 10.7 Å². The topological polar surface area (TPSA) is 35.1 Å². The lowest BCUT2D eigenvalue weighted by atomic mass is 10.1. The Morgan fingerprint density at radius 1 is 1.42 bits per heavy atom. The minimum Gasteiger partial charge on any atom is -0.408 e. The number of aromatic nitrogens is 1. The highest BCUT2D eigenvalue weighted by atomic mass is 35.5. The molecular weight excluding hydrogens is 283 g/mol. The van der Waals surface area contributed by atoms with E-state index in [4.69, 9.17) is 16.0 Å². The summed E-state index contributed by atoms with van der Waals surface area (Å²) in [5.74, 6) is -0.531. The first-order valence-electron chi connectivity index (χ1n) is 5.66. The molecule has 3 nitrogen and oxygen atoms in total. The summed E-state index contributed by atoms with van der Waals surface area (Å²) in [4.78, 5) is 11.5. The first kappa shape index (κ1) is 14.0. The molecule has 0 saturated heterocycles. The van der Waals surface area contributed by atoms with Gasteiger partial charge >= 0.3 is 11.9 Å². The number of alkyl halides is 4. The van der Waals surface area contributed by atoms with Crippen LogP contribution in [0.1, 0.15) is 24.3 Å². The van der Waals surface area contributed by atoms with Gasteiger partial charge in [0.1, 0.15) is 0 Å². The molecule has 104 valence electrons. The van der Waals surface area contributed by atoms with E-state index in [1.165, 1.54) is 16.7 Å². The molecule has 1 unspecified atom stereocenters. The number of oxazole rings is 1. The second-order valence-corrected chi connectivity index (χ2v) is 4.65. The van der Waals surface area contributed by atoms with Crippen molar-refractivity contribution in [3.63, 3.8) is 0 Å². The van der Waals surface area contributed by atoms with E-state index in [0.717, 1.165) is 0 Å². The number of benzene rings is 1. The van der Waals surface area contributed by atoms with Crippen LogP contribution in [-0.2, 0) is 6.54 Å². The van der Waals surface area contributed by atoms with Crippen molar-refractivity contribution in [2.75, 3.05) is 0 Å². The highest BCUT2D eigenvalue weighted by molar-refractivity contribution is 6.20. The third-order valence-corrected chi connectivity index (χ3v) is 3.19. The number of rotatable bonds is 3. The Morgan fingerprint density at radius 3 is 2.68 bits per heavy atom. The molecule has 0 amide bonds. The molecule has 0 aliphatic carbocycles. The summed E-state index contributed by atoms with van der Waals surface area (Å²) in [7, 11) is 0. The molecule has 2 aromatic rings. The Bertz CT molecular complexity index is 644. The number of hydrogen-bond acceptors (Lipinski definition) is 2. The van der Waals surface area contributed by atoms with Crippen molar-refractivity contribution in [2.45, 2.75) is 31.4 Å². The minimum atomic E-state index is -4.34. The van der Waals surface area contributed by atoms with Gasteiger partial charge in [-0.1, -0.05) is 6.07 Å². The third-order valence-electron chi connectivity index (χ3n) is 2.78. The van der Waals surface area contributed by atoms with Gasteiger partial charge in [0, 0.05) is 6.54 Å². The third kappa shape index (κ3) is 2.94. The predicted octanol–water partition coefficient (Wildman–Crippen LogP) is 3.85. The van der Waals surface area contributed by atoms with Crippen LogP contribution in [0, 0.1) is 0 Å². The number of aryl methyl sites for hydroxylation is 1. The molecule has 1 aromatic carbocycles. The van der Waals surface area contributed by atoms with Crippen molar-refractivity contribution in [1.82, 2.24) is 4.57 Å². The molecular formula is C12H11ClF3NO2. The molecule has 7 heteroatoms. The van der Waals surface area contributed by atoms with Crippen molar-refractivity contribution in [1.29, 1.82) is 0 Å². The van der Waals surface area contributed by atoms with Crippen LogP contribution in [0.3, 0.4) is 0 Å². The molecule has 0 fully saturated rings. The molecule has 1 aromatic heterocycles. The van der Waals surface area contributed by atoms with Crippen LogP contribution < -0.4 is 5.76 Å². The Balaban J connectivity index is 2.40. The first-order valence-corrected chi connectivity index (χ1v) is 6.09. The molecule has 0 aliphatic heterocycles. The van der Waals surface area contributed by atoms with Gasteiger partial charge in [-0.3, -0.25) is 4.57 Å². The van der Waals surface area contributed by atoms with Crippen LogP contribution in [0.15, 0.2) is 27.4 Å². The number of halogens is 4. The predicted molar refractivity (Wildman–Crippen MR) is 65.4 cm³/mol. The van der Waals surface area contributed by atoms with Gasteiger partial charge in [-0.25, -0.2) is 4.79 Å². The Kier molecular flexibility index (Phi) is 3.62. The second-order valence-electron chi connectivity index (χ2n) is 4.13. The van der Waals surface area contributed by atoms with E-state index in [2.05, 4.69) is 0 Å². The van der Waals surface area contributed by atoms with E-state index in [1.807, 2.05) is 0 Å². The van der Waals surface area contributed by atoms with Gasteiger partial charge in [-0.15, -0.1) is 11.6 Å². The van der Waals surface area contributed by atoms with Gasteiger partial charge in [-0.2, -0.15) is 13.2 Å². The highest BCUT2D eigenvalue weighted by Crippen LogP contribution is 2.34. The van der Waals surface area contributed by atoms with Crippen LogP contribution >= 0.6 is 11.6 Å². The molecule has 0 radical (unpaired) electrons. The zero-order chi connectivity index (χ0) is 14.2. The first-order chi connectivity index (χ1) is 8.81. The van der Waals surface area contributed by atoms with E-state index < -0.39 is 23.7 Å². The normalized spacial score (nSPS) is 13.9. The van der Waals surface area contributed by atoms with Gasteiger partial charge in [0.05, 0.1) is 17.3 Å². The maximum atomic E-state index is 12.3. The molecule has 0 bridgehead atoms. The number of hydrogen-bond donors (Lipinski definition) is 0. The van der Waals surface area contributed by atoms with E-state index in [-0.39, 0.29) is 11.1 Å². The van der Waals surface area contributed by atoms with Crippen LogP contribution in [0.5, 0.6) is 0 Å². The van der Waals surface area contributed by atoms with Gasteiger partial charge < -0.3 is 4.42 Å². The summed E-state index contributed by atoms with van der Waals surface area (Å²) in [5, 5.41) is -1.19. The minimum absolute atomic E-state index is 0.247.